The summed E-state index contributed by atoms with van der Waals surface area (Å²) in [5, 5.41) is 15.5. The molecule has 0 aromatic carbocycles. The van der Waals surface area contributed by atoms with Gasteiger partial charge in [-0.15, -0.1) is 0 Å². The Bertz CT molecular complexity index is 352. The van der Waals surface area contributed by atoms with E-state index >= 15 is 0 Å². The average Bonchev–Trinajstić information content (AvgIpc) is 2.30. The molecule has 0 aliphatic heterocycles. The number of nitrogens with zero attached hydrogens (tertiary/aromatic N) is 1. The molecular formula is C9H13ClN2O2. The van der Waals surface area contributed by atoms with E-state index < -0.39 is 5.97 Å². The molecule has 0 atom stereocenters. The SMILES string of the molecule is CC(C)(C)c1[nH]nc(Cl)c1CC(=O)O. The number of halogens is 1. The number of nitrogens with one attached hydrogen (secondary N) is 1. The number of aromatic nitrogens is 2. The molecule has 78 valence electrons. The zero-order chi connectivity index (χ0) is 10.9. The van der Waals surface area contributed by atoms with Crippen LogP contribution in [0.4, 0.5) is 0 Å². The highest BCUT2D eigenvalue weighted by Gasteiger charge is 2.24. The maximum absolute atomic E-state index is 10.6. The van der Waals surface area contributed by atoms with Crippen LogP contribution in [0, 0.1) is 0 Å². The lowest BCUT2D eigenvalue weighted by atomic mass is 9.89. The van der Waals surface area contributed by atoms with Crippen molar-refractivity contribution in [3.8, 4) is 0 Å². The Morgan fingerprint density at radius 3 is 2.57 bits per heavy atom. The third-order valence-corrected chi connectivity index (χ3v) is 2.21. The van der Waals surface area contributed by atoms with Crippen molar-refractivity contribution in [3.05, 3.63) is 16.4 Å². The van der Waals surface area contributed by atoms with E-state index in [1.165, 1.54) is 0 Å². The number of H-pyrrole nitrogens is 1. The normalized spacial score (nSPS) is 11.7. The van der Waals surface area contributed by atoms with Crippen molar-refractivity contribution in [3.63, 3.8) is 0 Å². The lowest BCUT2D eigenvalue weighted by Gasteiger charge is -2.17. The third kappa shape index (κ3) is 2.26. The van der Waals surface area contributed by atoms with Gasteiger partial charge in [0, 0.05) is 16.7 Å². The molecule has 5 heteroatoms. The van der Waals surface area contributed by atoms with Gasteiger partial charge in [-0.05, 0) is 0 Å². The molecule has 0 aliphatic rings. The quantitative estimate of drug-likeness (QED) is 0.795. The second kappa shape index (κ2) is 3.61. The van der Waals surface area contributed by atoms with Gasteiger partial charge in [-0.1, -0.05) is 32.4 Å². The van der Waals surface area contributed by atoms with Gasteiger partial charge in [0.1, 0.15) is 0 Å². The van der Waals surface area contributed by atoms with Crippen molar-refractivity contribution < 1.29 is 9.90 Å². The highest BCUT2D eigenvalue weighted by atomic mass is 35.5. The van der Waals surface area contributed by atoms with Crippen molar-refractivity contribution in [2.45, 2.75) is 32.6 Å². The number of hydrogen-bond donors (Lipinski definition) is 2. The molecule has 0 saturated heterocycles. The zero-order valence-electron chi connectivity index (χ0n) is 8.39. The Morgan fingerprint density at radius 1 is 1.57 bits per heavy atom. The highest BCUT2D eigenvalue weighted by molar-refractivity contribution is 6.30. The Morgan fingerprint density at radius 2 is 2.14 bits per heavy atom. The Balaban J connectivity index is 3.13. The topological polar surface area (TPSA) is 66.0 Å². The summed E-state index contributed by atoms with van der Waals surface area (Å²) < 4.78 is 0. The fourth-order valence-electron chi connectivity index (χ4n) is 1.28. The maximum Gasteiger partial charge on any atom is 0.308 e. The van der Waals surface area contributed by atoms with Crippen molar-refractivity contribution in [2.24, 2.45) is 0 Å². The van der Waals surface area contributed by atoms with E-state index in [0.29, 0.717) is 5.56 Å². The fourth-order valence-corrected chi connectivity index (χ4v) is 1.48. The number of carboxylic acid groups (broad SMARTS) is 1. The predicted molar refractivity (Wildman–Crippen MR) is 53.6 cm³/mol. The number of carbonyl (C=O) groups is 1. The van der Waals surface area contributed by atoms with Gasteiger partial charge in [-0.2, -0.15) is 5.10 Å². The maximum atomic E-state index is 10.6. The summed E-state index contributed by atoms with van der Waals surface area (Å²) in [5.74, 6) is -0.904. The molecule has 0 radical (unpaired) electrons. The molecule has 1 aromatic rings. The lowest BCUT2D eigenvalue weighted by molar-refractivity contribution is -0.136. The van der Waals surface area contributed by atoms with E-state index in [4.69, 9.17) is 16.7 Å². The van der Waals surface area contributed by atoms with Crippen LogP contribution in [0.1, 0.15) is 32.0 Å². The molecule has 0 aliphatic carbocycles. The van der Waals surface area contributed by atoms with Gasteiger partial charge in [0.25, 0.3) is 0 Å². The molecule has 1 heterocycles. The smallest absolute Gasteiger partial charge is 0.308 e. The van der Waals surface area contributed by atoms with Crippen LogP contribution in [0.2, 0.25) is 5.15 Å². The summed E-state index contributed by atoms with van der Waals surface area (Å²) in [6.07, 6.45) is -0.0953. The summed E-state index contributed by atoms with van der Waals surface area (Å²) in [6.45, 7) is 5.92. The van der Waals surface area contributed by atoms with Crippen LogP contribution in [-0.4, -0.2) is 21.3 Å². The van der Waals surface area contributed by atoms with Crippen LogP contribution in [0.3, 0.4) is 0 Å². The van der Waals surface area contributed by atoms with Gasteiger partial charge in [0.05, 0.1) is 6.42 Å². The second-order valence-electron chi connectivity index (χ2n) is 4.19. The molecule has 2 N–H and O–H groups in total. The van der Waals surface area contributed by atoms with Crippen molar-refractivity contribution >= 4 is 17.6 Å². The van der Waals surface area contributed by atoms with E-state index in [2.05, 4.69) is 10.2 Å². The van der Waals surface area contributed by atoms with Crippen LogP contribution in [-0.2, 0) is 16.6 Å². The first kappa shape index (κ1) is 11.0. The summed E-state index contributed by atoms with van der Waals surface area (Å²) in [7, 11) is 0. The molecular weight excluding hydrogens is 204 g/mol. The molecule has 0 spiro atoms. The van der Waals surface area contributed by atoms with Crippen LogP contribution in [0.25, 0.3) is 0 Å². The minimum absolute atomic E-state index is 0.0953. The molecule has 0 saturated carbocycles. The number of carboxylic acids is 1. The molecule has 0 fully saturated rings. The number of aromatic amines is 1. The average molecular weight is 217 g/mol. The fraction of sp³-hybridized carbons (Fsp3) is 0.556. The molecule has 4 nitrogen and oxygen atoms in total. The summed E-state index contributed by atoms with van der Waals surface area (Å²) in [5.41, 5.74) is 1.18. The van der Waals surface area contributed by atoms with Gasteiger partial charge in [0.2, 0.25) is 0 Å². The molecule has 1 rings (SSSR count). The first-order valence-electron chi connectivity index (χ1n) is 4.27. The Kier molecular flexibility index (Phi) is 2.85. The van der Waals surface area contributed by atoms with E-state index in [1.54, 1.807) is 0 Å². The highest BCUT2D eigenvalue weighted by Crippen LogP contribution is 2.28. The molecule has 0 bridgehead atoms. The van der Waals surface area contributed by atoms with Gasteiger partial charge >= 0.3 is 5.97 Å². The number of hydrogen-bond acceptors (Lipinski definition) is 2. The molecule has 14 heavy (non-hydrogen) atoms. The van der Waals surface area contributed by atoms with E-state index in [9.17, 15) is 4.79 Å². The Hall–Kier alpha value is -1.03. The summed E-state index contributed by atoms with van der Waals surface area (Å²) >= 11 is 5.79. The Labute approximate surface area is 87.3 Å². The van der Waals surface area contributed by atoms with E-state index in [1.807, 2.05) is 20.8 Å². The van der Waals surface area contributed by atoms with Gasteiger partial charge < -0.3 is 5.11 Å². The molecule has 0 amide bonds. The van der Waals surface area contributed by atoms with Gasteiger partial charge in [-0.3, -0.25) is 9.89 Å². The minimum atomic E-state index is -0.904. The van der Waals surface area contributed by atoms with Gasteiger partial charge in [-0.25, -0.2) is 0 Å². The minimum Gasteiger partial charge on any atom is -0.481 e. The van der Waals surface area contributed by atoms with Crippen molar-refractivity contribution in [1.82, 2.24) is 10.2 Å². The monoisotopic (exact) mass is 216 g/mol. The van der Waals surface area contributed by atoms with Crippen LogP contribution in [0.15, 0.2) is 0 Å². The first-order chi connectivity index (χ1) is 6.32. The second-order valence-corrected chi connectivity index (χ2v) is 4.55. The molecule has 0 unspecified atom stereocenters. The van der Waals surface area contributed by atoms with E-state index in [0.717, 1.165) is 5.69 Å². The summed E-state index contributed by atoms with van der Waals surface area (Å²) in [6, 6.07) is 0. The predicted octanol–water partition coefficient (Wildman–Crippen LogP) is 1.99. The lowest BCUT2D eigenvalue weighted by Crippen LogP contribution is -2.16. The number of aliphatic carboxylic acids is 1. The first-order valence-corrected chi connectivity index (χ1v) is 4.65. The zero-order valence-corrected chi connectivity index (χ0v) is 9.14. The third-order valence-electron chi connectivity index (χ3n) is 1.89. The molecule has 1 aromatic heterocycles. The number of rotatable bonds is 2. The van der Waals surface area contributed by atoms with Crippen molar-refractivity contribution in [2.75, 3.05) is 0 Å². The van der Waals surface area contributed by atoms with Crippen molar-refractivity contribution in [1.29, 1.82) is 0 Å². The largest absolute Gasteiger partial charge is 0.481 e. The van der Waals surface area contributed by atoms with E-state index in [-0.39, 0.29) is 17.0 Å². The standard InChI is InChI=1S/C9H13ClN2O2/c1-9(2,3)7-5(4-6(13)14)8(10)12-11-7/h4H2,1-3H3,(H,11,12)(H,13,14). The summed E-state index contributed by atoms with van der Waals surface area (Å²) in [4.78, 5) is 10.6. The van der Waals surface area contributed by atoms with Crippen LogP contribution >= 0.6 is 11.6 Å². The van der Waals surface area contributed by atoms with Gasteiger partial charge in [0.15, 0.2) is 5.15 Å². The van der Waals surface area contributed by atoms with Crippen LogP contribution in [0.5, 0.6) is 0 Å². The van der Waals surface area contributed by atoms with Crippen LogP contribution < -0.4 is 0 Å².